The van der Waals surface area contributed by atoms with Gasteiger partial charge in [0, 0.05) is 31.3 Å². The van der Waals surface area contributed by atoms with E-state index in [1.54, 1.807) is 4.68 Å². The molecule has 1 amide bonds. The standard InChI is InChI=1S/C19H23N3O2/c1-22-11-15(10-21-22)16-8-17(16)19(23)20-9-14-4-2-3-5-18(14)24-12-13-6-7-13/h2-5,10-11,13,16-17H,6-9,12H2,1H3,(H,20,23)/t16-,17+/m0/s1. The number of ether oxygens (including phenoxy) is 1. The van der Waals surface area contributed by atoms with Gasteiger partial charge in [-0.15, -0.1) is 0 Å². The lowest BCUT2D eigenvalue weighted by Crippen LogP contribution is -2.25. The molecule has 2 saturated carbocycles. The van der Waals surface area contributed by atoms with E-state index in [2.05, 4.69) is 10.4 Å². The van der Waals surface area contributed by atoms with Crippen LogP contribution in [-0.4, -0.2) is 22.3 Å². The van der Waals surface area contributed by atoms with Crippen molar-refractivity contribution in [2.75, 3.05) is 6.61 Å². The van der Waals surface area contributed by atoms with Gasteiger partial charge in [0.25, 0.3) is 0 Å². The molecule has 0 unspecified atom stereocenters. The van der Waals surface area contributed by atoms with E-state index in [4.69, 9.17) is 4.74 Å². The molecule has 0 saturated heterocycles. The van der Waals surface area contributed by atoms with E-state index in [1.807, 2.05) is 43.7 Å². The highest BCUT2D eigenvalue weighted by Gasteiger charge is 2.44. The molecule has 0 spiro atoms. The second-order valence-electron chi connectivity index (χ2n) is 6.98. The third kappa shape index (κ3) is 3.45. The van der Waals surface area contributed by atoms with Gasteiger partial charge in [-0.2, -0.15) is 5.10 Å². The molecule has 0 aliphatic heterocycles. The number of rotatable bonds is 7. The number of aryl methyl sites for hydroxylation is 1. The van der Waals surface area contributed by atoms with Crippen molar-refractivity contribution in [3.63, 3.8) is 0 Å². The molecule has 4 rings (SSSR count). The molecular formula is C19H23N3O2. The maximum Gasteiger partial charge on any atom is 0.224 e. The largest absolute Gasteiger partial charge is 0.493 e. The molecule has 2 aliphatic carbocycles. The van der Waals surface area contributed by atoms with E-state index in [-0.39, 0.29) is 11.8 Å². The fourth-order valence-corrected chi connectivity index (χ4v) is 3.08. The van der Waals surface area contributed by atoms with Gasteiger partial charge in [-0.05, 0) is 42.7 Å². The van der Waals surface area contributed by atoms with Crippen molar-refractivity contribution >= 4 is 5.91 Å². The number of amides is 1. The summed E-state index contributed by atoms with van der Waals surface area (Å²) in [6.07, 6.45) is 7.32. The second-order valence-corrected chi connectivity index (χ2v) is 6.98. The fourth-order valence-electron chi connectivity index (χ4n) is 3.08. The van der Waals surface area contributed by atoms with Gasteiger partial charge in [-0.3, -0.25) is 9.48 Å². The number of aromatic nitrogens is 2. The van der Waals surface area contributed by atoms with Gasteiger partial charge < -0.3 is 10.1 Å². The summed E-state index contributed by atoms with van der Waals surface area (Å²) in [6.45, 7) is 1.31. The van der Waals surface area contributed by atoms with Gasteiger partial charge in [0.05, 0.1) is 12.8 Å². The van der Waals surface area contributed by atoms with Crippen LogP contribution in [-0.2, 0) is 18.4 Å². The minimum Gasteiger partial charge on any atom is -0.493 e. The minimum absolute atomic E-state index is 0.0775. The summed E-state index contributed by atoms with van der Waals surface area (Å²) >= 11 is 0. The first-order valence-corrected chi connectivity index (χ1v) is 8.67. The number of para-hydroxylation sites is 1. The third-order valence-corrected chi connectivity index (χ3v) is 4.88. The average Bonchev–Trinajstić information content (AvgIpc) is 3.50. The normalized spacial score (nSPS) is 22.2. The van der Waals surface area contributed by atoms with Crippen molar-refractivity contribution in [1.82, 2.24) is 15.1 Å². The van der Waals surface area contributed by atoms with Gasteiger partial charge in [0.1, 0.15) is 5.75 Å². The molecule has 1 heterocycles. The lowest BCUT2D eigenvalue weighted by molar-refractivity contribution is -0.122. The predicted molar refractivity (Wildman–Crippen MR) is 90.6 cm³/mol. The summed E-state index contributed by atoms with van der Waals surface area (Å²) in [7, 11) is 1.90. The van der Waals surface area contributed by atoms with E-state index < -0.39 is 0 Å². The average molecular weight is 325 g/mol. The van der Waals surface area contributed by atoms with Gasteiger partial charge in [-0.1, -0.05) is 18.2 Å². The van der Waals surface area contributed by atoms with Gasteiger partial charge in [0.2, 0.25) is 5.91 Å². The summed E-state index contributed by atoms with van der Waals surface area (Å²) in [5, 5.41) is 7.25. The van der Waals surface area contributed by atoms with Gasteiger partial charge in [-0.25, -0.2) is 0 Å². The maximum atomic E-state index is 12.4. The number of nitrogens with zero attached hydrogens (tertiary/aromatic N) is 2. The first kappa shape index (κ1) is 15.2. The molecule has 1 aromatic heterocycles. The number of hydrogen-bond acceptors (Lipinski definition) is 3. The highest BCUT2D eigenvalue weighted by molar-refractivity contribution is 5.82. The Balaban J connectivity index is 1.31. The summed E-state index contributed by atoms with van der Waals surface area (Å²) in [5.74, 6) is 2.14. The molecule has 2 aromatic rings. The zero-order valence-corrected chi connectivity index (χ0v) is 13.9. The molecule has 0 radical (unpaired) electrons. The Morgan fingerprint density at radius 1 is 1.38 bits per heavy atom. The molecule has 24 heavy (non-hydrogen) atoms. The zero-order chi connectivity index (χ0) is 16.5. The fraction of sp³-hybridized carbons (Fsp3) is 0.474. The topological polar surface area (TPSA) is 56.2 Å². The van der Waals surface area contributed by atoms with E-state index >= 15 is 0 Å². The minimum atomic E-state index is 0.0775. The van der Waals surface area contributed by atoms with Crippen LogP contribution in [0.3, 0.4) is 0 Å². The van der Waals surface area contributed by atoms with Crippen molar-refractivity contribution in [2.24, 2.45) is 18.9 Å². The molecule has 2 atom stereocenters. The molecule has 5 nitrogen and oxygen atoms in total. The Bertz CT molecular complexity index is 736. The lowest BCUT2D eigenvalue weighted by atomic mass is 10.1. The van der Waals surface area contributed by atoms with Crippen molar-refractivity contribution < 1.29 is 9.53 Å². The number of benzene rings is 1. The monoisotopic (exact) mass is 325 g/mol. The number of carbonyl (C=O) groups is 1. The first-order valence-electron chi connectivity index (χ1n) is 8.67. The van der Waals surface area contributed by atoms with E-state index in [1.165, 1.54) is 12.8 Å². The van der Waals surface area contributed by atoms with E-state index in [9.17, 15) is 4.79 Å². The van der Waals surface area contributed by atoms with Crippen LogP contribution < -0.4 is 10.1 Å². The van der Waals surface area contributed by atoms with Crippen molar-refractivity contribution in [3.05, 3.63) is 47.8 Å². The van der Waals surface area contributed by atoms with Gasteiger partial charge in [0.15, 0.2) is 0 Å². The smallest absolute Gasteiger partial charge is 0.224 e. The maximum absolute atomic E-state index is 12.4. The van der Waals surface area contributed by atoms with Crippen LogP contribution in [0.4, 0.5) is 0 Å². The highest BCUT2D eigenvalue weighted by atomic mass is 16.5. The predicted octanol–water partition coefficient (Wildman–Crippen LogP) is 2.63. The highest BCUT2D eigenvalue weighted by Crippen LogP contribution is 2.47. The molecule has 2 aliphatic rings. The van der Waals surface area contributed by atoms with Crippen LogP contribution in [0, 0.1) is 11.8 Å². The Kier molecular flexibility index (Phi) is 4.00. The summed E-state index contributed by atoms with van der Waals surface area (Å²) < 4.78 is 7.69. The van der Waals surface area contributed by atoms with E-state index in [0.29, 0.717) is 12.5 Å². The van der Waals surface area contributed by atoms with Crippen LogP contribution in [0.2, 0.25) is 0 Å². The Labute approximate surface area is 142 Å². The summed E-state index contributed by atoms with van der Waals surface area (Å²) in [6, 6.07) is 7.97. The van der Waals surface area contributed by atoms with Crippen molar-refractivity contribution in [2.45, 2.75) is 31.7 Å². The molecule has 2 fully saturated rings. The summed E-state index contributed by atoms with van der Waals surface area (Å²) in [4.78, 5) is 12.4. The third-order valence-electron chi connectivity index (χ3n) is 4.88. The Morgan fingerprint density at radius 3 is 2.96 bits per heavy atom. The zero-order valence-electron chi connectivity index (χ0n) is 13.9. The Morgan fingerprint density at radius 2 is 2.21 bits per heavy atom. The second kappa shape index (κ2) is 6.30. The van der Waals surface area contributed by atoms with Crippen molar-refractivity contribution in [1.29, 1.82) is 0 Å². The molecular weight excluding hydrogens is 302 g/mol. The van der Waals surface area contributed by atoms with E-state index in [0.717, 1.165) is 35.8 Å². The molecule has 5 heteroatoms. The van der Waals surface area contributed by atoms with Crippen molar-refractivity contribution in [3.8, 4) is 5.75 Å². The van der Waals surface area contributed by atoms with Crippen LogP contribution >= 0.6 is 0 Å². The van der Waals surface area contributed by atoms with Gasteiger partial charge >= 0.3 is 0 Å². The summed E-state index contributed by atoms with van der Waals surface area (Å²) in [5.41, 5.74) is 2.20. The van der Waals surface area contributed by atoms with Crippen LogP contribution in [0.5, 0.6) is 5.75 Å². The molecule has 1 N–H and O–H groups in total. The molecule has 126 valence electrons. The molecule has 1 aromatic carbocycles. The number of hydrogen-bond donors (Lipinski definition) is 1. The SMILES string of the molecule is Cn1cc([C@@H]2C[C@H]2C(=O)NCc2ccccc2OCC2CC2)cn1. The van der Waals surface area contributed by atoms with Crippen LogP contribution in [0.1, 0.15) is 36.3 Å². The molecule has 0 bridgehead atoms. The van der Waals surface area contributed by atoms with Crippen LogP contribution in [0.25, 0.3) is 0 Å². The Hall–Kier alpha value is -2.30. The number of nitrogens with one attached hydrogen (secondary N) is 1. The number of carbonyl (C=O) groups excluding carboxylic acids is 1. The first-order chi connectivity index (χ1) is 11.7. The quantitative estimate of drug-likeness (QED) is 0.851. The van der Waals surface area contributed by atoms with Crippen LogP contribution in [0.15, 0.2) is 36.7 Å². The lowest BCUT2D eigenvalue weighted by Gasteiger charge is -2.12.